The third-order valence-electron chi connectivity index (χ3n) is 1.85. The second kappa shape index (κ2) is 5.46. The minimum atomic E-state index is -4.31. The van der Waals surface area contributed by atoms with Crippen molar-refractivity contribution in [2.75, 3.05) is 6.61 Å². The topological polar surface area (TPSA) is 43.4 Å². The summed E-state index contributed by atoms with van der Waals surface area (Å²) >= 11 is 0. The van der Waals surface area contributed by atoms with Crippen molar-refractivity contribution in [3.63, 3.8) is 0 Å². The van der Waals surface area contributed by atoms with Crippen LogP contribution in [0.1, 0.15) is 6.42 Å². The van der Waals surface area contributed by atoms with Gasteiger partial charge in [0.05, 0.1) is 6.61 Å². The molecule has 0 N–H and O–H groups in total. The summed E-state index contributed by atoms with van der Waals surface area (Å²) < 4.78 is 53.4. The van der Waals surface area contributed by atoms with Gasteiger partial charge in [0.2, 0.25) is 5.82 Å². The second-order valence-electron chi connectivity index (χ2n) is 3.05. The van der Waals surface area contributed by atoms with Crippen molar-refractivity contribution in [3.05, 3.63) is 36.4 Å². The van der Waals surface area contributed by atoms with E-state index >= 15 is 0 Å². The summed E-state index contributed by atoms with van der Waals surface area (Å²) in [6.45, 7) is 3.55. The lowest BCUT2D eigenvalue weighted by atomic mass is 10.3. The van der Waals surface area contributed by atoms with Crippen molar-refractivity contribution in [3.8, 4) is 5.75 Å². The Morgan fingerprint density at radius 3 is 2.53 bits per heavy atom. The van der Waals surface area contributed by atoms with Gasteiger partial charge in [0, 0.05) is 10.7 Å². The van der Waals surface area contributed by atoms with Gasteiger partial charge >= 0.3 is 0 Å². The van der Waals surface area contributed by atoms with Crippen LogP contribution in [0, 0.1) is 11.6 Å². The van der Waals surface area contributed by atoms with E-state index in [9.17, 15) is 17.2 Å². The van der Waals surface area contributed by atoms with Crippen molar-refractivity contribution in [1.82, 2.24) is 0 Å². The van der Waals surface area contributed by atoms with Gasteiger partial charge in [-0.25, -0.2) is 12.8 Å². The molecule has 0 atom stereocenters. The highest BCUT2D eigenvalue weighted by molar-refractivity contribution is 8.13. The Kier molecular flexibility index (Phi) is 4.47. The van der Waals surface area contributed by atoms with Crippen LogP contribution >= 0.6 is 10.7 Å². The highest BCUT2D eigenvalue weighted by Crippen LogP contribution is 2.27. The fraction of sp³-hybridized carbons (Fsp3) is 0.200. The maximum atomic E-state index is 13.4. The molecule has 0 amide bonds. The Morgan fingerprint density at radius 2 is 2.00 bits per heavy atom. The van der Waals surface area contributed by atoms with E-state index in [4.69, 9.17) is 15.4 Å². The molecule has 94 valence electrons. The summed E-state index contributed by atoms with van der Waals surface area (Å²) in [6, 6.07) is 1.86. The zero-order chi connectivity index (χ0) is 13.1. The normalized spacial score (nSPS) is 11.2. The largest absolute Gasteiger partial charge is 0.490 e. The summed E-state index contributed by atoms with van der Waals surface area (Å²) in [4.78, 5) is -0.910. The molecule has 1 rings (SSSR count). The molecule has 0 heterocycles. The van der Waals surface area contributed by atoms with Crippen LogP contribution < -0.4 is 4.74 Å². The maximum absolute atomic E-state index is 13.4. The van der Waals surface area contributed by atoms with Crippen LogP contribution in [0.25, 0.3) is 0 Å². The average Bonchev–Trinajstić information content (AvgIpc) is 2.23. The Hall–Kier alpha value is -1.14. The first kappa shape index (κ1) is 13.9. The van der Waals surface area contributed by atoms with E-state index in [1.54, 1.807) is 6.08 Å². The number of rotatable bonds is 5. The average molecular weight is 283 g/mol. The van der Waals surface area contributed by atoms with Gasteiger partial charge in [-0.15, -0.1) is 6.58 Å². The minimum Gasteiger partial charge on any atom is -0.490 e. The minimum absolute atomic E-state index is 0.118. The number of halogens is 3. The number of benzene rings is 1. The lowest BCUT2D eigenvalue weighted by Gasteiger charge is -2.07. The summed E-state index contributed by atoms with van der Waals surface area (Å²) in [7, 11) is 0.614. The van der Waals surface area contributed by atoms with Crippen molar-refractivity contribution in [1.29, 1.82) is 0 Å². The van der Waals surface area contributed by atoms with Crippen LogP contribution in [0.2, 0.25) is 0 Å². The molecule has 1 aromatic carbocycles. The Balaban J connectivity index is 3.07. The predicted octanol–water partition coefficient (Wildman–Crippen LogP) is 2.85. The molecule has 0 saturated carbocycles. The molecule has 0 radical (unpaired) electrons. The fourth-order valence-electron chi connectivity index (χ4n) is 1.07. The fourth-order valence-corrected chi connectivity index (χ4v) is 1.96. The Morgan fingerprint density at radius 1 is 1.35 bits per heavy atom. The summed E-state index contributed by atoms with van der Waals surface area (Å²) in [5.74, 6) is -3.29. The SMILES string of the molecule is C=CCCOc1ccc(S(=O)(=O)Cl)c(F)c1F. The molecule has 3 nitrogen and oxygen atoms in total. The highest BCUT2D eigenvalue weighted by atomic mass is 35.7. The van der Waals surface area contributed by atoms with Crippen LogP contribution in [0.5, 0.6) is 5.75 Å². The summed E-state index contributed by atoms with van der Waals surface area (Å²) in [6.07, 6.45) is 2.00. The van der Waals surface area contributed by atoms with Gasteiger partial charge in [-0.2, -0.15) is 4.39 Å². The molecule has 0 bridgehead atoms. The molecule has 0 aromatic heterocycles. The molecule has 0 saturated heterocycles. The molecule has 0 aliphatic heterocycles. The molecule has 0 fully saturated rings. The summed E-state index contributed by atoms with van der Waals surface area (Å²) in [5.41, 5.74) is 0. The van der Waals surface area contributed by atoms with Crippen LogP contribution in [0.3, 0.4) is 0 Å². The lowest BCUT2D eigenvalue weighted by molar-refractivity contribution is 0.300. The van der Waals surface area contributed by atoms with Gasteiger partial charge in [-0.3, -0.25) is 0 Å². The monoisotopic (exact) mass is 282 g/mol. The van der Waals surface area contributed by atoms with Crippen LogP contribution in [0.4, 0.5) is 8.78 Å². The summed E-state index contributed by atoms with van der Waals surface area (Å²) in [5, 5.41) is 0. The van der Waals surface area contributed by atoms with Crippen molar-refractivity contribution >= 4 is 19.7 Å². The second-order valence-corrected chi connectivity index (χ2v) is 5.59. The highest BCUT2D eigenvalue weighted by Gasteiger charge is 2.22. The van der Waals surface area contributed by atoms with E-state index in [0.717, 1.165) is 12.1 Å². The number of hydrogen-bond donors (Lipinski definition) is 0. The van der Waals surface area contributed by atoms with Crippen LogP contribution in [-0.2, 0) is 9.05 Å². The first-order chi connectivity index (χ1) is 7.88. The maximum Gasteiger partial charge on any atom is 0.264 e. The first-order valence-electron chi connectivity index (χ1n) is 4.54. The van der Waals surface area contributed by atoms with Gasteiger partial charge in [0.25, 0.3) is 9.05 Å². The van der Waals surface area contributed by atoms with E-state index in [-0.39, 0.29) is 12.4 Å². The Labute approximate surface area is 102 Å². The van der Waals surface area contributed by atoms with Crippen LogP contribution in [0.15, 0.2) is 29.7 Å². The standard InChI is InChI=1S/C10H9ClF2O3S/c1-2-3-6-16-7-4-5-8(17(11,14)15)10(13)9(7)12/h2,4-5H,1,3,6H2. The van der Waals surface area contributed by atoms with E-state index in [0.29, 0.717) is 6.42 Å². The zero-order valence-electron chi connectivity index (χ0n) is 8.62. The molecule has 1 aromatic rings. The molecule has 0 spiro atoms. The molecule has 0 unspecified atom stereocenters. The molecular weight excluding hydrogens is 274 g/mol. The predicted molar refractivity (Wildman–Crippen MR) is 59.7 cm³/mol. The number of ether oxygens (including phenoxy) is 1. The van der Waals surface area contributed by atoms with Crippen LogP contribution in [-0.4, -0.2) is 15.0 Å². The number of hydrogen-bond acceptors (Lipinski definition) is 3. The van der Waals surface area contributed by atoms with Gasteiger partial charge < -0.3 is 4.74 Å². The molecule has 7 heteroatoms. The molecule has 0 aliphatic rings. The van der Waals surface area contributed by atoms with Gasteiger partial charge in [0.1, 0.15) is 4.90 Å². The van der Waals surface area contributed by atoms with Crippen molar-refractivity contribution in [2.24, 2.45) is 0 Å². The van der Waals surface area contributed by atoms with Crippen molar-refractivity contribution < 1.29 is 21.9 Å². The third-order valence-corrected chi connectivity index (χ3v) is 3.19. The smallest absolute Gasteiger partial charge is 0.264 e. The third kappa shape index (κ3) is 3.41. The van der Waals surface area contributed by atoms with Gasteiger partial charge in [-0.05, 0) is 18.6 Å². The molecule has 0 aliphatic carbocycles. The van der Waals surface area contributed by atoms with Gasteiger partial charge in [0.15, 0.2) is 11.6 Å². The lowest BCUT2D eigenvalue weighted by Crippen LogP contribution is -2.03. The molecule has 17 heavy (non-hydrogen) atoms. The quantitative estimate of drug-likeness (QED) is 0.474. The van der Waals surface area contributed by atoms with Crippen molar-refractivity contribution in [2.45, 2.75) is 11.3 Å². The Bertz CT molecular complexity index is 529. The van der Waals surface area contributed by atoms with E-state index in [2.05, 4.69) is 6.58 Å². The first-order valence-corrected chi connectivity index (χ1v) is 6.85. The van der Waals surface area contributed by atoms with E-state index in [1.807, 2.05) is 0 Å². The van der Waals surface area contributed by atoms with E-state index in [1.165, 1.54) is 0 Å². The molecular formula is C10H9ClF2O3S. The van der Waals surface area contributed by atoms with E-state index < -0.39 is 25.6 Å². The zero-order valence-corrected chi connectivity index (χ0v) is 10.2. The van der Waals surface area contributed by atoms with Gasteiger partial charge in [-0.1, -0.05) is 6.08 Å².